The molecule has 0 radical (unpaired) electrons. The van der Waals surface area contributed by atoms with Crippen molar-refractivity contribution in [3.05, 3.63) is 35.4 Å². The van der Waals surface area contributed by atoms with Crippen LogP contribution in [0.3, 0.4) is 0 Å². The summed E-state index contributed by atoms with van der Waals surface area (Å²) in [6.45, 7) is 2.01. The quantitative estimate of drug-likeness (QED) is 0.858. The van der Waals surface area contributed by atoms with Gasteiger partial charge in [0.05, 0.1) is 5.56 Å². The SMILES string of the molecule is CN1CCC(NC(=O)CCNC(=O)c2ccc(F)cc2F)CC1. The first-order valence-corrected chi connectivity index (χ1v) is 7.67. The molecule has 0 saturated carbocycles. The Morgan fingerprint density at radius 2 is 1.96 bits per heavy atom. The van der Waals surface area contributed by atoms with E-state index in [2.05, 4.69) is 15.5 Å². The number of nitrogens with one attached hydrogen (secondary N) is 2. The van der Waals surface area contributed by atoms with Crippen LogP contribution in [0.5, 0.6) is 0 Å². The Morgan fingerprint density at radius 1 is 1.26 bits per heavy atom. The van der Waals surface area contributed by atoms with Crippen LogP contribution in [0, 0.1) is 11.6 Å². The lowest BCUT2D eigenvalue weighted by Crippen LogP contribution is -2.44. The zero-order chi connectivity index (χ0) is 16.8. The topological polar surface area (TPSA) is 61.4 Å². The average Bonchev–Trinajstić information content (AvgIpc) is 2.49. The standard InChI is InChI=1S/C16H21F2N3O2/c1-21-8-5-12(6-9-21)20-15(22)4-7-19-16(23)13-3-2-11(17)10-14(13)18/h2-3,10,12H,4-9H2,1H3,(H,19,23)(H,20,22). The minimum Gasteiger partial charge on any atom is -0.353 e. The smallest absolute Gasteiger partial charge is 0.254 e. The molecule has 1 aromatic rings. The number of carbonyl (C=O) groups excluding carboxylic acids is 2. The van der Waals surface area contributed by atoms with E-state index in [1.165, 1.54) is 0 Å². The second-order valence-corrected chi connectivity index (χ2v) is 5.78. The van der Waals surface area contributed by atoms with E-state index in [-0.39, 0.29) is 30.5 Å². The van der Waals surface area contributed by atoms with Gasteiger partial charge in [0, 0.05) is 25.1 Å². The molecule has 1 aromatic carbocycles. The van der Waals surface area contributed by atoms with Crippen molar-refractivity contribution in [1.82, 2.24) is 15.5 Å². The summed E-state index contributed by atoms with van der Waals surface area (Å²) in [6.07, 6.45) is 1.95. The number of carbonyl (C=O) groups is 2. The van der Waals surface area contributed by atoms with Gasteiger partial charge in [0.15, 0.2) is 0 Å². The van der Waals surface area contributed by atoms with Gasteiger partial charge in [0.1, 0.15) is 11.6 Å². The van der Waals surface area contributed by atoms with E-state index in [1.807, 2.05) is 7.05 Å². The van der Waals surface area contributed by atoms with Crippen molar-refractivity contribution < 1.29 is 18.4 Å². The molecule has 126 valence electrons. The second kappa shape index (κ2) is 8.01. The molecule has 0 aliphatic carbocycles. The van der Waals surface area contributed by atoms with Crippen LogP contribution >= 0.6 is 0 Å². The molecule has 0 atom stereocenters. The Balaban J connectivity index is 1.71. The zero-order valence-electron chi connectivity index (χ0n) is 13.1. The number of benzene rings is 1. The second-order valence-electron chi connectivity index (χ2n) is 5.78. The van der Waals surface area contributed by atoms with E-state index < -0.39 is 17.5 Å². The van der Waals surface area contributed by atoms with E-state index in [4.69, 9.17) is 0 Å². The number of piperidine rings is 1. The first-order valence-electron chi connectivity index (χ1n) is 7.67. The maximum Gasteiger partial charge on any atom is 0.254 e. The van der Waals surface area contributed by atoms with E-state index in [0.717, 1.165) is 38.1 Å². The van der Waals surface area contributed by atoms with Crippen molar-refractivity contribution in [3.8, 4) is 0 Å². The third-order valence-corrected chi connectivity index (χ3v) is 3.90. The number of nitrogens with zero attached hydrogens (tertiary/aromatic N) is 1. The lowest BCUT2D eigenvalue weighted by atomic mass is 10.1. The fraction of sp³-hybridized carbons (Fsp3) is 0.500. The van der Waals surface area contributed by atoms with Crippen LogP contribution in [-0.4, -0.2) is 49.4 Å². The van der Waals surface area contributed by atoms with Crippen LogP contribution in [0.1, 0.15) is 29.6 Å². The highest BCUT2D eigenvalue weighted by molar-refractivity contribution is 5.94. The van der Waals surface area contributed by atoms with Crippen molar-refractivity contribution in [3.63, 3.8) is 0 Å². The third kappa shape index (κ3) is 5.28. The van der Waals surface area contributed by atoms with Crippen LogP contribution in [0.15, 0.2) is 18.2 Å². The molecule has 0 bridgehead atoms. The van der Waals surface area contributed by atoms with Gasteiger partial charge in [-0.3, -0.25) is 9.59 Å². The van der Waals surface area contributed by atoms with Gasteiger partial charge in [0.2, 0.25) is 5.91 Å². The highest BCUT2D eigenvalue weighted by atomic mass is 19.1. The summed E-state index contributed by atoms with van der Waals surface area (Å²) in [5.41, 5.74) is -0.234. The van der Waals surface area contributed by atoms with Crippen molar-refractivity contribution in [1.29, 1.82) is 0 Å². The highest BCUT2D eigenvalue weighted by Gasteiger charge is 2.18. The summed E-state index contributed by atoms with van der Waals surface area (Å²) in [4.78, 5) is 25.8. The largest absolute Gasteiger partial charge is 0.353 e. The van der Waals surface area contributed by atoms with Gasteiger partial charge in [-0.1, -0.05) is 0 Å². The molecule has 23 heavy (non-hydrogen) atoms. The Labute approximate surface area is 134 Å². The summed E-state index contributed by atoms with van der Waals surface area (Å²) >= 11 is 0. The first kappa shape index (κ1) is 17.3. The van der Waals surface area contributed by atoms with E-state index >= 15 is 0 Å². The van der Waals surface area contributed by atoms with Crippen LogP contribution in [0.25, 0.3) is 0 Å². The van der Waals surface area contributed by atoms with Crippen molar-refractivity contribution in [2.45, 2.75) is 25.3 Å². The lowest BCUT2D eigenvalue weighted by molar-refractivity contribution is -0.121. The molecule has 1 aliphatic rings. The summed E-state index contributed by atoms with van der Waals surface area (Å²) < 4.78 is 26.2. The lowest BCUT2D eigenvalue weighted by Gasteiger charge is -2.29. The molecule has 0 aromatic heterocycles. The number of hydrogen-bond acceptors (Lipinski definition) is 3. The van der Waals surface area contributed by atoms with E-state index in [9.17, 15) is 18.4 Å². The predicted octanol–water partition coefficient (Wildman–Crippen LogP) is 1.30. The molecule has 1 saturated heterocycles. The molecular formula is C16H21F2N3O2. The number of halogens is 2. The van der Waals surface area contributed by atoms with E-state index in [0.29, 0.717) is 6.07 Å². The van der Waals surface area contributed by atoms with Crippen LogP contribution in [0.4, 0.5) is 8.78 Å². The molecular weight excluding hydrogens is 304 g/mol. The zero-order valence-corrected chi connectivity index (χ0v) is 13.1. The van der Waals surface area contributed by atoms with E-state index in [1.54, 1.807) is 0 Å². The first-order chi connectivity index (χ1) is 11.0. The summed E-state index contributed by atoms with van der Waals surface area (Å²) in [5.74, 6) is -2.45. The molecule has 5 nitrogen and oxygen atoms in total. The van der Waals surface area contributed by atoms with Gasteiger partial charge in [-0.2, -0.15) is 0 Å². The molecule has 0 unspecified atom stereocenters. The van der Waals surface area contributed by atoms with Crippen LogP contribution in [-0.2, 0) is 4.79 Å². The van der Waals surface area contributed by atoms with Gasteiger partial charge < -0.3 is 15.5 Å². The van der Waals surface area contributed by atoms with Crippen LogP contribution in [0.2, 0.25) is 0 Å². The number of likely N-dealkylation sites (tertiary alicyclic amines) is 1. The number of amides is 2. The molecule has 2 N–H and O–H groups in total. The van der Waals surface area contributed by atoms with Gasteiger partial charge in [0.25, 0.3) is 5.91 Å². The fourth-order valence-electron chi connectivity index (χ4n) is 2.51. The normalized spacial score (nSPS) is 16.1. The van der Waals surface area contributed by atoms with Gasteiger partial charge in [-0.05, 0) is 45.1 Å². The summed E-state index contributed by atoms with van der Waals surface area (Å²) in [7, 11) is 2.04. The Bertz CT molecular complexity index is 572. The third-order valence-electron chi connectivity index (χ3n) is 3.90. The molecule has 2 amide bonds. The molecule has 7 heteroatoms. The molecule has 1 fully saturated rings. The van der Waals surface area contributed by atoms with Crippen molar-refractivity contribution in [2.24, 2.45) is 0 Å². The van der Waals surface area contributed by atoms with Gasteiger partial charge in [-0.15, -0.1) is 0 Å². The Kier molecular flexibility index (Phi) is 6.04. The Morgan fingerprint density at radius 3 is 2.61 bits per heavy atom. The number of hydrogen-bond donors (Lipinski definition) is 2. The molecule has 0 spiro atoms. The predicted molar refractivity (Wildman–Crippen MR) is 82.0 cm³/mol. The average molecular weight is 325 g/mol. The number of rotatable bonds is 5. The molecule has 1 aliphatic heterocycles. The van der Waals surface area contributed by atoms with Gasteiger partial charge >= 0.3 is 0 Å². The summed E-state index contributed by atoms with van der Waals surface area (Å²) in [6, 6.07) is 2.93. The highest BCUT2D eigenvalue weighted by Crippen LogP contribution is 2.10. The summed E-state index contributed by atoms with van der Waals surface area (Å²) in [5, 5.41) is 5.40. The Hall–Kier alpha value is -2.02. The fourth-order valence-corrected chi connectivity index (χ4v) is 2.51. The minimum absolute atomic E-state index is 0.105. The monoisotopic (exact) mass is 325 g/mol. The molecule has 1 heterocycles. The van der Waals surface area contributed by atoms with Gasteiger partial charge in [-0.25, -0.2) is 8.78 Å². The van der Waals surface area contributed by atoms with Crippen molar-refractivity contribution in [2.75, 3.05) is 26.7 Å². The maximum absolute atomic E-state index is 13.4. The van der Waals surface area contributed by atoms with Crippen LogP contribution < -0.4 is 10.6 Å². The molecule has 2 rings (SSSR count). The van der Waals surface area contributed by atoms with Crippen molar-refractivity contribution >= 4 is 11.8 Å². The minimum atomic E-state index is -0.918. The maximum atomic E-state index is 13.4.